The minimum atomic E-state index is -3.43. The number of hydrogen-bond donors (Lipinski definition) is 1. The van der Waals surface area contributed by atoms with Gasteiger partial charge in [-0.25, -0.2) is 13.4 Å². The molecule has 3 rings (SSSR count). The second-order valence-corrected chi connectivity index (χ2v) is 9.96. The van der Waals surface area contributed by atoms with Gasteiger partial charge in [0, 0.05) is 15.9 Å². The number of thiazole rings is 1. The maximum absolute atomic E-state index is 12.2. The van der Waals surface area contributed by atoms with Crippen molar-refractivity contribution in [2.45, 2.75) is 17.7 Å². The Bertz CT molecular complexity index is 1050. The van der Waals surface area contributed by atoms with Crippen LogP contribution < -0.4 is 5.32 Å². The molecule has 2 aromatic carbocycles. The Balaban J connectivity index is 1.56. The van der Waals surface area contributed by atoms with Crippen LogP contribution in [0.4, 0.5) is 5.13 Å². The molecule has 0 fully saturated rings. The Labute approximate surface area is 168 Å². The average Bonchev–Trinajstić information content (AvgIpc) is 2.99. The average molecular weight is 474 g/mol. The SMILES string of the molecule is O=C(CCCS(=O)(=O)c1ccc(Cl)cc1)Nc1nc2c(Br)cccc2s1. The van der Waals surface area contributed by atoms with Crippen LogP contribution in [0.15, 0.2) is 51.8 Å². The summed E-state index contributed by atoms with van der Waals surface area (Å²) in [4.78, 5) is 16.7. The molecule has 0 atom stereocenters. The molecule has 0 spiro atoms. The first-order valence-electron chi connectivity index (χ1n) is 7.68. The molecule has 5 nitrogen and oxygen atoms in total. The highest BCUT2D eigenvalue weighted by Crippen LogP contribution is 2.30. The van der Waals surface area contributed by atoms with Crippen LogP contribution in [0, 0.1) is 0 Å². The minimum Gasteiger partial charge on any atom is -0.302 e. The van der Waals surface area contributed by atoms with E-state index in [0.717, 1.165) is 14.7 Å². The van der Waals surface area contributed by atoms with E-state index in [1.165, 1.54) is 35.6 Å². The fourth-order valence-corrected chi connectivity index (χ4v) is 5.26. The van der Waals surface area contributed by atoms with Gasteiger partial charge >= 0.3 is 0 Å². The summed E-state index contributed by atoms with van der Waals surface area (Å²) in [5.41, 5.74) is 0.790. The Morgan fingerprint density at radius 1 is 1.19 bits per heavy atom. The Morgan fingerprint density at radius 3 is 2.62 bits per heavy atom. The number of sulfone groups is 1. The first-order valence-corrected chi connectivity index (χ1v) is 11.3. The van der Waals surface area contributed by atoms with Crippen LogP contribution in [0.2, 0.25) is 5.02 Å². The van der Waals surface area contributed by atoms with Crippen LogP contribution in [-0.2, 0) is 14.6 Å². The quantitative estimate of drug-likeness (QED) is 0.552. The van der Waals surface area contributed by atoms with E-state index in [9.17, 15) is 13.2 Å². The third-order valence-electron chi connectivity index (χ3n) is 3.61. The number of hydrogen-bond acceptors (Lipinski definition) is 5. The summed E-state index contributed by atoms with van der Waals surface area (Å²) in [5.74, 6) is -0.362. The van der Waals surface area contributed by atoms with Crippen LogP contribution in [0.5, 0.6) is 0 Å². The molecule has 136 valence electrons. The van der Waals surface area contributed by atoms with Crippen molar-refractivity contribution in [1.29, 1.82) is 0 Å². The largest absolute Gasteiger partial charge is 0.302 e. The third-order valence-corrected chi connectivity index (χ3v) is 7.25. The predicted octanol–water partition coefficient (Wildman–Crippen LogP) is 4.90. The summed E-state index contributed by atoms with van der Waals surface area (Å²) in [5, 5.41) is 3.70. The third kappa shape index (κ3) is 4.62. The first-order chi connectivity index (χ1) is 12.3. The predicted molar refractivity (Wildman–Crippen MR) is 109 cm³/mol. The molecule has 3 aromatic rings. The van der Waals surface area contributed by atoms with Crippen molar-refractivity contribution in [1.82, 2.24) is 4.98 Å². The summed E-state index contributed by atoms with van der Waals surface area (Å²) in [6.07, 6.45) is 0.329. The molecule has 0 aliphatic rings. The van der Waals surface area contributed by atoms with E-state index in [2.05, 4.69) is 26.2 Å². The number of nitrogens with zero attached hydrogens (tertiary/aromatic N) is 1. The molecule has 1 N–H and O–H groups in total. The molecule has 0 saturated heterocycles. The maximum atomic E-state index is 12.2. The lowest BCUT2D eigenvalue weighted by molar-refractivity contribution is -0.116. The summed E-state index contributed by atoms with van der Waals surface area (Å²) >= 11 is 10.6. The highest BCUT2D eigenvalue weighted by Gasteiger charge is 2.16. The first kappa shape index (κ1) is 19.3. The highest BCUT2D eigenvalue weighted by atomic mass is 79.9. The monoisotopic (exact) mass is 472 g/mol. The van der Waals surface area contributed by atoms with Gasteiger partial charge in [-0.1, -0.05) is 29.0 Å². The molecule has 0 unspecified atom stereocenters. The van der Waals surface area contributed by atoms with Crippen molar-refractivity contribution in [3.05, 3.63) is 52.0 Å². The number of anilines is 1. The molecule has 1 aromatic heterocycles. The Morgan fingerprint density at radius 2 is 1.92 bits per heavy atom. The summed E-state index contributed by atoms with van der Waals surface area (Å²) in [7, 11) is -3.43. The molecular weight excluding hydrogens is 460 g/mol. The van der Waals surface area contributed by atoms with E-state index in [4.69, 9.17) is 11.6 Å². The highest BCUT2D eigenvalue weighted by molar-refractivity contribution is 9.10. The molecule has 0 aliphatic heterocycles. The second-order valence-electron chi connectivity index (χ2n) is 5.53. The summed E-state index contributed by atoms with van der Waals surface area (Å²) in [6, 6.07) is 11.7. The molecule has 9 heteroatoms. The smallest absolute Gasteiger partial charge is 0.226 e. The van der Waals surface area contributed by atoms with Crippen LogP contribution in [-0.4, -0.2) is 25.1 Å². The van der Waals surface area contributed by atoms with Crippen molar-refractivity contribution in [2.24, 2.45) is 0 Å². The number of para-hydroxylation sites is 1. The van der Waals surface area contributed by atoms with Gasteiger partial charge in [-0.15, -0.1) is 0 Å². The van der Waals surface area contributed by atoms with Gasteiger partial charge in [-0.05, 0) is 58.7 Å². The normalized spacial score (nSPS) is 11.6. The fourth-order valence-electron chi connectivity index (χ4n) is 2.33. The molecule has 26 heavy (non-hydrogen) atoms. The van der Waals surface area contributed by atoms with Crippen molar-refractivity contribution in [3.8, 4) is 0 Å². The lowest BCUT2D eigenvalue weighted by Gasteiger charge is -2.05. The van der Waals surface area contributed by atoms with E-state index in [0.29, 0.717) is 10.2 Å². The molecule has 0 radical (unpaired) electrons. The number of aromatic nitrogens is 1. The van der Waals surface area contributed by atoms with Crippen LogP contribution in [0.1, 0.15) is 12.8 Å². The zero-order chi connectivity index (χ0) is 18.7. The minimum absolute atomic E-state index is 0.101. The summed E-state index contributed by atoms with van der Waals surface area (Å²) in [6.45, 7) is 0. The number of carbonyl (C=O) groups is 1. The number of carbonyl (C=O) groups excluding carboxylic acids is 1. The summed E-state index contributed by atoms with van der Waals surface area (Å²) < 4.78 is 26.3. The van der Waals surface area contributed by atoms with Gasteiger partial charge in [0.25, 0.3) is 0 Å². The van der Waals surface area contributed by atoms with E-state index < -0.39 is 9.84 Å². The van der Waals surface area contributed by atoms with E-state index >= 15 is 0 Å². The molecule has 1 amide bonds. The van der Waals surface area contributed by atoms with Gasteiger partial charge in [0.2, 0.25) is 5.91 Å². The molecule has 0 saturated carbocycles. The Hall–Kier alpha value is -1.48. The lowest BCUT2D eigenvalue weighted by Crippen LogP contribution is -2.14. The molecule has 0 aliphatic carbocycles. The molecular formula is C17H14BrClN2O3S2. The van der Waals surface area contributed by atoms with Gasteiger partial charge in [0.05, 0.1) is 20.9 Å². The number of nitrogens with one attached hydrogen (secondary N) is 1. The topological polar surface area (TPSA) is 76.1 Å². The fraction of sp³-hybridized carbons (Fsp3) is 0.176. The Kier molecular flexibility index (Phi) is 5.96. The maximum Gasteiger partial charge on any atom is 0.226 e. The van der Waals surface area contributed by atoms with E-state index in [-0.39, 0.29) is 29.4 Å². The van der Waals surface area contributed by atoms with Crippen molar-refractivity contribution >= 4 is 70.0 Å². The zero-order valence-electron chi connectivity index (χ0n) is 13.4. The van der Waals surface area contributed by atoms with E-state index in [1.807, 2.05) is 18.2 Å². The van der Waals surface area contributed by atoms with Crippen LogP contribution >= 0.6 is 38.9 Å². The number of amides is 1. The number of rotatable bonds is 6. The number of benzene rings is 2. The zero-order valence-corrected chi connectivity index (χ0v) is 17.4. The van der Waals surface area contributed by atoms with Gasteiger partial charge in [0.1, 0.15) is 0 Å². The van der Waals surface area contributed by atoms with Gasteiger partial charge in [-0.3, -0.25) is 4.79 Å². The standard InChI is InChI=1S/C17H14BrClN2O3S2/c18-13-3-1-4-14-16(13)21-17(25-14)20-15(22)5-2-10-26(23,24)12-8-6-11(19)7-9-12/h1,3-4,6-9H,2,5,10H2,(H,20,21,22). The molecule has 0 bridgehead atoms. The van der Waals surface area contributed by atoms with Gasteiger partial charge in [-0.2, -0.15) is 0 Å². The lowest BCUT2D eigenvalue weighted by atomic mass is 10.3. The van der Waals surface area contributed by atoms with Gasteiger partial charge < -0.3 is 5.32 Å². The number of fused-ring (bicyclic) bond motifs is 1. The van der Waals surface area contributed by atoms with Crippen molar-refractivity contribution in [3.63, 3.8) is 0 Å². The van der Waals surface area contributed by atoms with E-state index in [1.54, 1.807) is 0 Å². The molecule has 1 heterocycles. The van der Waals surface area contributed by atoms with Crippen molar-refractivity contribution in [2.75, 3.05) is 11.1 Å². The second kappa shape index (κ2) is 8.04. The van der Waals surface area contributed by atoms with Gasteiger partial charge in [0.15, 0.2) is 15.0 Å². The van der Waals surface area contributed by atoms with Crippen LogP contribution in [0.3, 0.4) is 0 Å². The van der Waals surface area contributed by atoms with Crippen molar-refractivity contribution < 1.29 is 13.2 Å². The van der Waals surface area contributed by atoms with Crippen LogP contribution in [0.25, 0.3) is 10.2 Å². The number of halogens is 2.